The SMILES string of the molecule is CCNc1ccc(C(=O)OCC)cc1NC(=O)c1csc(CN)n1. The summed E-state index contributed by atoms with van der Waals surface area (Å²) in [5.74, 6) is -0.791. The fourth-order valence-corrected chi connectivity index (χ4v) is 2.68. The number of nitrogens with two attached hydrogens (primary N) is 1. The largest absolute Gasteiger partial charge is 0.462 e. The van der Waals surface area contributed by atoms with E-state index in [4.69, 9.17) is 10.5 Å². The molecule has 1 amide bonds. The van der Waals surface area contributed by atoms with Gasteiger partial charge >= 0.3 is 5.97 Å². The van der Waals surface area contributed by atoms with Gasteiger partial charge in [-0.15, -0.1) is 11.3 Å². The highest BCUT2D eigenvalue weighted by molar-refractivity contribution is 7.09. The van der Waals surface area contributed by atoms with Crippen LogP contribution in [0.3, 0.4) is 0 Å². The molecule has 1 aromatic carbocycles. The first-order valence-corrected chi connectivity index (χ1v) is 8.47. The van der Waals surface area contributed by atoms with Gasteiger partial charge in [-0.25, -0.2) is 9.78 Å². The number of rotatable bonds is 7. The zero-order chi connectivity index (χ0) is 17.5. The molecular weight excluding hydrogens is 328 g/mol. The van der Waals surface area contributed by atoms with E-state index >= 15 is 0 Å². The summed E-state index contributed by atoms with van der Waals surface area (Å²) < 4.78 is 4.99. The van der Waals surface area contributed by atoms with E-state index < -0.39 is 5.97 Å². The Labute approximate surface area is 144 Å². The molecule has 0 unspecified atom stereocenters. The van der Waals surface area contributed by atoms with Crippen molar-refractivity contribution in [1.29, 1.82) is 0 Å². The monoisotopic (exact) mass is 348 g/mol. The number of esters is 1. The fourth-order valence-electron chi connectivity index (χ4n) is 2.03. The minimum absolute atomic E-state index is 0.288. The van der Waals surface area contributed by atoms with E-state index in [1.807, 2.05) is 6.92 Å². The molecule has 1 aromatic heterocycles. The first-order chi connectivity index (χ1) is 11.6. The molecule has 128 valence electrons. The van der Waals surface area contributed by atoms with Gasteiger partial charge < -0.3 is 21.1 Å². The molecule has 7 nitrogen and oxygen atoms in total. The number of thiazole rings is 1. The van der Waals surface area contributed by atoms with Gasteiger partial charge in [0.05, 0.1) is 23.5 Å². The number of aromatic nitrogens is 1. The maximum absolute atomic E-state index is 12.4. The van der Waals surface area contributed by atoms with Crippen LogP contribution < -0.4 is 16.4 Å². The molecule has 2 rings (SSSR count). The molecule has 1 heterocycles. The lowest BCUT2D eigenvalue weighted by Gasteiger charge is -2.13. The van der Waals surface area contributed by atoms with Crippen molar-refractivity contribution < 1.29 is 14.3 Å². The zero-order valence-electron chi connectivity index (χ0n) is 13.6. The number of amides is 1. The normalized spacial score (nSPS) is 10.3. The van der Waals surface area contributed by atoms with Gasteiger partial charge in [0.2, 0.25) is 0 Å². The van der Waals surface area contributed by atoms with Gasteiger partial charge in [0.25, 0.3) is 5.91 Å². The van der Waals surface area contributed by atoms with E-state index in [2.05, 4.69) is 15.6 Å². The third-order valence-electron chi connectivity index (χ3n) is 3.11. The van der Waals surface area contributed by atoms with Gasteiger partial charge in [-0.05, 0) is 32.0 Å². The summed E-state index contributed by atoms with van der Waals surface area (Å²) in [5, 5.41) is 8.26. The Hall–Kier alpha value is -2.45. The lowest BCUT2D eigenvalue weighted by molar-refractivity contribution is 0.0526. The van der Waals surface area contributed by atoms with Crippen molar-refractivity contribution in [1.82, 2.24) is 4.98 Å². The number of carbonyl (C=O) groups excluding carboxylic acids is 2. The van der Waals surface area contributed by atoms with E-state index in [-0.39, 0.29) is 12.5 Å². The average molecular weight is 348 g/mol. The smallest absolute Gasteiger partial charge is 0.338 e. The molecule has 0 atom stereocenters. The Morgan fingerprint density at radius 2 is 2.08 bits per heavy atom. The van der Waals surface area contributed by atoms with Crippen LogP contribution in [0.2, 0.25) is 0 Å². The second-order valence-electron chi connectivity index (χ2n) is 4.80. The zero-order valence-corrected chi connectivity index (χ0v) is 14.4. The number of hydrogen-bond donors (Lipinski definition) is 3. The van der Waals surface area contributed by atoms with Gasteiger partial charge in [0, 0.05) is 18.5 Å². The molecule has 2 aromatic rings. The van der Waals surface area contributed by atoms with Crippen LogP contribution in [-0.4, -0.2) is 30.0 Å². The maximum atomic E-state index is 12.4. The van der Waals surface area contributed by atoms with Crippen LogP contribution in [0, 0.1) is 0 Å². The Bertz CT molecular complexity index is 730. The summed E-state index contributed by atoms with van der Waals surface area (Å²) in [7, 11) is 0. The van der Waals surface area contributed by atoms with E-state index in [1.165, 1.54) is 11.3 Å². The summed E-state index contributed by atoms with van der Waals surface area (Å²) >= 11 is 1.33. The minimum atomic E-state index is -0.435. The summed E-state index contributed by atoms with van der Waals surface area (Å²) in [6.45, 7) is 4.94. The van der Waals surface area contributed by atoms with Crippen molar-refractivity contribution in [3.05, 3.63) is 39.8 Å². The van der Waals surface area contributed by atoms with Crippen LogP contribution in [0.15, 0.2) is 23.6 Å². The highest BCUT2D eigenvalue weighted by Crippen LogP contribution is 2.24. The quantitative estimate of drug-likeness (QED) is 0.664. The predicted octanol–water partition coefficient (Wildman–Crippen LogP) is 2.46. The molecule has 4 N–H and O–H groups in total. The standard InChI is InChI=1S/C16H20N4O3S/c1-3-18-11-6-5-10(16(22)23-4-2)7-12(11)20-15(21)13-9-24-14(8-17)19-13/h5-7,9,18H,3-4,8,17H2,1-2H3,(H,20,21). The average Bonchev–Trinajstić information content (AvgIpc) is 3.06. The summed E-state index contributed by atoms with van der Waals surface area (Å²) in [6.07, 6.45) is 0. The number of hydrogen-bond acceptors (Lipinski definition) is 7. The van der Waals surface area contributed by atoms with Gasteiger partial charge in [-0.1, -0.05) is 0 Å². The lowest BCUT2D eigenvalue weighted by Crippen LogP contribution is -2.15. The van der Waals surface area contributed by atoms with Crippen molar-refractivity contribution in [2.45, 2.75) is 20.4 Å². The van der Waals surface area contributed by atoms with Crippen LogP contribution in [-0.2, 0) is 11.3 Å². The first-order valence-electron chi connectivity index (χ1n) is 7.59. The Balaban J connectivity index is 2.26. The molecule has 0 spiro atoms. The fraction of sp³-hybridized carbons (Fsp3) is 0.312. The highest BCUT2D eigenvalue weighted by Gasteiger charge is 2.15. The predicted molar refractivity (Wildman–Crippen MR) is 94.5 cm³/mol. The molecule has 0 aliphatic carbocycles. The first kappa shape index (κ1) is 17.9. The van der Waals surface area contributed by atoms with Crippen molar-refractivity contribution in [3.63, 3.8) is 0 Å². The number of carbonyl (C=O) groups is 2. The van der Waals surface area contributed by atoms with Crippen LogP contribution in [0.1, 0.15) is 39.7 Å². The molecule has 0 fully saturated rings. The van der Waals surface area contributed by atoms with Crippen LogP contribution >= 0.6 is 11.3 Å². The molecule has 8 heteroatoms. The Morgan fingerprint density at radius 1 is 1.29 bits per heavy atom. The Kier molecular flexibility index (Phi) is 6.28. The second kappa shape index (κ2) is 8.42. The second-order valence-corrected chi connectivity index (χ2v) is 5.74. The van der Waals surface area contributed by atoms with Crippen molar-refractivity contribution in [2.24, 2.45) is 5.73 Å². The third kappa shape index (κ3) is 4.30. The van der Waals surface area contributed by atoms with Crippen LogP contribution in [0.25, 0.3) is 0 Å². The summed E-state index contributed by atoms with van der Waals surface area (Å²) in [4.78, 5) is 28.4. The van der Waals surface area contributed by atoms with Crippen LogP contribution in [0.5, 0.6) is 0 Å². The van der Waals surface area contributed by atoms with Crippen LogP contribution in [0.4, 0.5) is 11.4 Å². The van der Waals surface area contributed by atoms with Gasteiger partial charge in [-0.2, -0.15) is 0 Å². The van der Waals surface area contributed by atoms with E-state index in [9.17, 15) is 9.59 Å². The highest BCUT2D eigenvalue weighted by atomic mass is 32.1. The molecule has 24 heavy (non-hydrogen) atoms. The van der Waals surface area contributed by atoms with Gasteiger partial charge in [-0.3, -0.25) is 4.79 Å². The van der Waals surface area contributed by atoms with Gasteiger partial charge in [0.15, 0.2) is 0 Å². The van der Waals surface area contributed by atoms with E-state index in [0.717, 1.165) is 0 Å². The van der Waals surface area contributed by atoms with Gasteiger partial charge in [0.1, 0.15) is 10.7 Å². The number of ether oxygens (including phenoxy) is 1. The van der Waals surface area contributed by atoms with Crippen molar-refractivity contribution >= 4 is 34.6 Å². The van der Waals surface area contributed by atoms with Crippen molar-refractivity contribution in [2.75, 3.05) is 23.8 Å². The number of nitrogens with one attached hydrogen (secondary N) is 2. The molecule has 0 aliphatic rings. The number of benzene rings is 1. The summed E-state index contributed by atoms with van der Waals surface area (Å²) in [6, 6.07) is 4.98. The Morgan fingerprint density at radius 3 is 2.71 bits per heavy atom. The third-order valence-corrected chi connectivity index (χ3v) is 3.98. The minimum Gasteiger partial charge on any atom is -0.462 e. The van der Waals surface area contributed by atoms with E-state index in [1.54, 1.807) is 30.5 Å². The van der Waals surface area contributed by atoms with Crippen molar-refractivity contribution in [3.8, 4) is 0 Å². The molecule has 0 bridgehead atoms. The molecule has 0 saturated heterocycles. The molecule has 0 radical (unpaired) electrons. The topological polar surface area (TPSA) is 106 Å². The summed E-state index contributed by atoms with van der Waals surface area (Å²) in [5.41, 5.74) is 7.39. The molecular formula is C16H20N4O3S. The number of anilines is 2. The molecule has 0 aliphatic heterocycles. The lowest BCUT2D eigenvalue weighted by atomic mass is 10.1. The molecule has 0 saturated carbocycles. The maximum Gasteiger partial charge on any atom is 0.338 e. The number of nitrogens with zero attached hydrogens (tertiary/aromatic N) is 1. The van der Waals surface area contributed by atoms with E-state index in [0.29, 0.717) is 40.7 Å².